The first-order valence-electron chi connectivity index (χ1n) is 7.52. The number of carbonyl (C=O) groups excluding carboxylic acids is 1. The second-order valence-electron chi connectivity index (χ2n) is 5.21. The van der Waals surface area contributed by atoms with E-state index < -0.39 is 4.92 Å². The Morgan fingerprint density at radius 3 is 2.64 bits per heavy atom. The first-order chi connectivity index (χ1) is 12.0. The van der Waals surface area contributed by atoms with Crippen molar-refractivity contribution in [2.75, 3.05) is 6.54 Å². The number of benzene rings is 1. The third kappa shape index (κ3) is 5.89. The summed E-state index contributed by atoms with van der Waals surface area (Å²) in [5.41, 5.74) is 0.540. The van der Waals surface area contributed by atoms with Gasteiger partial charge >= 0.3 is 0 Å². The van der Waals surface area contributed by atoms with Crippen LogP contribution in [-0.4, -0.2) is 21.9 Å². The van der Waals surface area contributed by atoms with E-state index in [1.807, 2.05) is 0 Å². The highest BCUT2D eigenvalue weighted by atomic mass is 35.5. The van der Waals surface area contributed by atoms with Gasteiger partial charge in [0.2, 0.25) is 5.91 Å². The van der Waals surface area contributed by atoms with Crippen LogP contribution in [0.25, 0.3) is 6.08 Å². The fourth-order valence-corrected chi connectivity index (χ4v) is 2.26. The van der Waals surface area contributed by atoms with Gasteiger partial charge in [-0.25, -0.2) is 0 Å². The van der Waals surface area contributed by atoms with Crippen LogP contribution in [0.4, 0.5) is 5.69 Å². The van der Waals surface area contributed by atoms with E-state index >= 15 is 0 Å². The van der Waals surface area contributed by atoms with Gasteiger partial charge in [0.25, 0.3) is 11.2 Å². The third-order valence-corrected chi connectivity index (χ3v) is 3.58. The lowest BCUT2D eigenvalue weighted by Gasteiger charge is -2.06. The van der Waals surface area contributed by atoms with Gasteiger partial charge in [0.15, 0.2) is 0 Å². The molecular formula is C17H16ClN3O4. The first kappa shape index (κ1) is 18.4. The number of carbonyl (C=O) groups is 1. The Kier molecular flexibility index (Phi) is 6.47. The molecule has 0 radical (unpaired) electrons. The maximum atomic E-state index is 11.7. The van der Waals surface area contributed by atoms with Crippen LogP contribution in [0, 0.1) is 10.1 Å². The predicted octanol–water partition coefficient (Wildman–Crippen LogP) is 2.63. The summed E-state index contributed by atoms with van der Waals surface area (Å²) in [6, 6.07) is 8.81. The number of rotatable bonds is 7. The fourth-order valence-electron chi connectivity index (χ4n) is 2.08. The van der Waals surface area contributed by atoms with Crippen LogP contribution in [0.15, 0.2) is 53.5 Å². The summed E-state index contributed by atoms with van der Waals surface area (Å²) < 4.78 is 1.49. The molecule has 0 bridgehead atoms. The van der Waals surface area contributed by atoms with Crippen molar-refractivity contribution < 1.29 is 9.72 Å². The van der Waals surface area contributed by atoms with Gasteiger partial charge in [-0.3, -0.25) is 19.7 Å². The van der Waals surface area contributed by atoms with Crippen LogP contribution in [0.3, 0.4) is 0 Å². The average Bonchev–Trinajstić information content (AvgIpc) is 2.60. The van der Waals surface area contributed by atoms with E-state index in [0.29, 0.717) is 30.1 Å². The summed E-state index contributed by atoms with van der Waals surface area (Å²) in [5.74, 6) is -0.281. The molecule has 1 aromatic carbocycles. The van der Waals surface area contributed by atoms with Crippen LogP contribution < -0.4 is 10.9 Å². The van der Waals surface area contributed by atoms with Crippen molar-refractivity contribution in [3.63, 3.8) is 0 Å². The zero-order valence-corrected chi connectivity index (χ0v) is 14.0. The van der Waals surface area contributed by atoms with Gasteiger partial charge in [-0.15, -0.1) is 0 Å². The van der Waals surface area contributed by atoms with E-state index in [4.69, 9.17) is 11.6 Å². The van der Waals surface area contributed by atoms with Gasteiger partial charge in [0.1, 0.15) is 0 Å². The topological polar surface area (TPSA) is 94.2 Å². The molecule has 1 heterocycles. The number of nitrogens with one attached hydrogen (secondary N) is 1. The molecule has 0 aliphatic rings. The highest BCUT2D eigenvalue weighted by molar-refractivity contribution is 6.30. The van der Waals surface area contributed by atoms with Gasteiger partial charge < -0.3 is 9.88 Å². The van der Waals surface area contributed by atoms with Crippen LogP contribution in [0.5, 0.6) is 0 Å². The van der Waals surface area contributed by atoms with Gasteiger partial charge in [-0.1, -0.05) is 11.6 Å². The monoisotopic (exact) mass is 361 g/mol. The highest BCUT2D eigenvalue weighted by Gasteiger charge is 2.03. The molecule has 8 heteroatoms. The number of nitro groups is 1. The lowest BCUT2D eigenvalue weighted by molar-refractivity contribution is -0.384. The van der Waals surface area contributed by atoms with Gasteiger partial charge in [0.05, 0.1) is 9.95 Å². The van der Waals surface area contributed by atoms with Gasteiger partial charge in [-0.2, -0.15) is 0 Å². The Hall–Kier alpha value is -2.93. The lowest BCUT2D eigenvalue weighted by atomic mass is 10.2. The fraction of sp³-hybridized carbons (Fsp3) is 0.176. The maximum absolute atomic E-state index is 11.7. The van der Waals surface area contributed by atoms with E-state index in [2.05, 4.69) is 5.32 Å². The minimum absolute atomic E-state index is 0.00198. The second-order valence-corrected chi connectivity index (χ2v) is 5.64. The smallest absolute Gasteiger partial charge is 0.269 e. The van der Waals surface area contributed by atoms with Crippen molar-refractivity contribution in [2.45, 2.75) is 13.0 Å². The summed E-state index contributed by atoms with van der Waals surface area (Å²) in [4.78, 5) is 33.4. The number of hydrogen-bond donors (Lipinski definition) is 1. The van der Waals surface area contributed by atoms with Gasteiger partial charge in [0, 0.05) is 43.6 Å². The Morgan fingerprint density at radius 2 is 1.96 bits per heavy atom. The Bertz CT molecular complexity index is 844. The summed E-state index contributed by atoms with van der Waals surface area (Å²) in [5, 5.41) is 13.7. The molecule has 0 saturated heterocycles. The molecule has 0 spiro atoms. The molecule has 1 amide bonds. The summed E-state index contributed by atoms with van der Waals surface area (Å²) in [6.07, 6.45) is 5.06. The molecule has 0 aliphatic heterocycles. The summed E-state index contributed by atoms with van der Waals surface area (Å²) in [6.45, 7) is 0.855. The van der Waals surface area contributed by atoms with Crippen LogP contribution in [-0.2, 0) is 11.3 Å². The number of pyridine rings is 1. The summed E-state index contributed by atoms with van der Waals surface area (Å²) >= 11 is 5.83. The number of nitro benzene ring substituents is 1. The largest absolute Gasteiger partial charge is 0.352 e. The van der Waals surface area contributed by atoms with E-state index in [0.717, 1.165) is 0 Å². The zero-order chi connectivity index (χ0) is 18.2. The van der Waals surface area contributed by atoms with E-state index in [-0.39, 0.29) is 17.2 Å². The molecule has 25 heavy (non-hydrogen) atoms. The van der Waals surface area contributed by atoms with E-state index in [1.165, 1.54) is 34.9 Å². The molecule has 0 atom stereocenters. The third-order valence-electron chi connectivity index (χ3n) is 3.35. The van der Waals surface area contributed by atoms with Crippen LogP contribution in [0.1, 0.15) is 12.0 Å². The lowest BCUT2D eigenvalue weighted by Crippen LogP contribution is -2.25. The maximum Gasteiger partial charge on any atom is 0.269 e. The van der Waals surface area contributed by atoms with Gasteiger partial charge in [-0.05, 0) is 36.3 Å². The van der Waals surface area contributed by atoms with Crippen molar-refractivity contribution in [2.24, 2.45) is 0 Å². The number of aromatic nitrogens is 1. The Labute approximate surface area is 148 Å². The first-order valence-corrected chi connectivity index (χ1v) is 7.90. The van der Waals surface area contributed by atoms with Crippen molar-refractivity contribution in [3.8, 4) is 0 Å². The standard InChI is InChI=1S/C17H16ClN3O4/c18-14-5-9-17(23)20(12-14)11-1-10-19-16(22)8-4-13-2-6-15(7-3-13)21(24)25/h2-9,12H,1,10-11H2,(H,19,22)/b8-4+. The number of halogens is 1. The van der Waals surface area contributed by atoms with Crippen LogP contribution in [0.2, 0.25) is 5.02 Å². The predicted molar refractivity (Wildman–Crippen MR) is 95.5 cm³/mol. The average molecular weight is 362 g/mol. The Morgan fingerprint density at radius 1 is 1.24 bits per heavy atom. The molecule has 0 fully saturated rings. The van der Waals surface area contributed by atoms with E-state index in [9.17, 15) is 19.7 Å². The molecule has 2 aromatic rings. The molecule has 1 N–H and O–H groups in total. The quantitative estimate of drug-likeness (QED) is 0.355. The number of non-ortho nitro benzene ring substituents is 1. The molecule has 130 valence electrons. The molecule has 0 aliphatic carbocycles. The number of aryl methyl sites for hydroxylation is 1. The van der Waals surface area contributed by atoms with Crippen molar-refractivity contribution in [1.29, 1.82) is 0 Å². The van der Waals surface area contributed by atoms with Crippen molar-refractivity contribution in [3.05, 3.63) is 79.7 Å². The molecular weight excluding hydrogens is 346 g/mol. The minimum atomic E-state index is -0.481. The number of nitrogens with zero attached hydrogens (tertiary/aromatic N) is 2. The second kappa shape index (κ2) is 8.79. The highest BCUT2D eigenvalue weighted by Crippen LogP contribution is 2.12. The molecule has 0 unspecified atom stereocenters. The number of amides is 1. The number of hydrogen-bond acceptors (Lipinski definition) is 4. The zero-order valence-electron chi connectivity index (χ0n) is 13.2. The normalized spacial score (nSPS) is 10.8. The molecule has 1 aromatic heterocycles. The van der Waals surface area contributed by atoms with Crippen molar-refractivity contribution >= 4 is 29.3 Å². The molecule has 0 saturated carbocycles. The molecule has 7 nitrogen and oxygen atoms in total. The minimum Gasteiger partial charge on any atom is -0.352 e. The summed E-state index contributed by atoms with van der Waals surface area (Å²) in [7, 11) is 0. The van der Waals surface area contributed by atoms with E-state index in [1.54, 1.807) is 24.4 Å². The Balaban J connectivity index is 1.77. The van der Waals surface area contributed by atoms with Crippen LogP contribution >= 0.6 is 11.6 Å². The van der Waals surface area contributed by atoms with Crippen molar-refractivity contribution in [1.82, 2.24) is 9.88 Å². The molecule has 2 rings (SSSR count). The SMILES string of the molecule is O=C(/C=C/c1ccc([N+](=O)[O-])cc1)NCCCn1cc(Cl)ccc1=O.